The van der Waals surface area contributed by atoms with Gasteiger partial charge < -0.3 is 0 Å². The minimum absolute atomic E-state index is 0.0911. The minimum atomic E-state index is -0.465. The monoisotopic (exact) mass is 330 g/mol. The van der Waals surface area contributed by atoms with Crippen LogP contribution in [0.3, 0.4) is 0 Å². The molecule has 0 unspecified atom stereocenters. The van der Waals surface area contributed by atoms with Crippen LogP contribution in [0.15, 0.2) is 24.3 Å². The summed E-state index contributed by atoms with van der Waals surface area (Å²) in [5.41, 5.74) is 0.519. The number of nitro benzene ring substituents is 2. The molecular weight excluding hydrogens is 308 g/mol. The number of fused-ring (bicyclic) bond motifs is 1. The lowest BCUT2D eigenvalue weighted by atomic mass is 9.82. The van der Waals surface area contributed by atoms with E-state index >= 15 is 0 Å². The minimum Gasteiger partial charge on any atom is -0.258 e. The van der Waals surface area contributed by atoms with Crippen LogP contribution in [0.1, 0.15) is 52.7 Å². The molecule has 0 saturated carbocycles. The number of hydrogen-bond donors (Lipinski definition) is 0. The molecule has 2 aromatic carbocycles. The van der Waals surface area contributed by atoms with E-state index in [-0.39, 0.29) is 22.2 Å². The Hall–Kier alpha value is -2.50. The molecule has 0 N–H and O–H groups in total. The topological polar surface area (TPSA) is 86.3 Å². The fourth-order valence-corrected chi connectivity index (χ4v) is 2.59. The second-order valence-corrected chi connectivity index (χ2v) is 8.10. The molecule has 0 spiro atoms. The Bertz CT molecular complexity index is 771. The van der Waals surface area contributed by atoms with Crippen molar-refractivity contribution in [2.24, 2.45) is 0 Å². The standard InChI is InChI=1S/C18H22N2O4/c1-17(2,3)11-7-13-14(15(9-11)19(21)22)8-12(18(4,5)6)10-16(13)20(23)24/h7-10H,1-6H3. The zero-order valence-corrected chi connectivity index (χ0v) is 14.8. The van der Waals surface area contributed by atoms with E-state index in [4.69, 9.17) is 0 Å². The molecule has 2 rings (SSSR count). The highest BCUT2D eigenvalue weighted by atomic mass is 16.6. The van der Waals surface area contributed by atoms with Crippen molar-refractivity contribution in [2.45, 2.75) is 52.4 Å². The van der Waals surface area contributed by atoms with Gasteiger partial charge >= 0.3 is 0 Å². The van der Waals surface area contributed by atoms with Gasteiger partial charge in [-0.3, -0.25) is 20.2 Å². The summed E-state index contributed by atoms with van der Waals surface area (Å²) in [7, 11) is 0. The van der Waals surface area contributed by atoms with Crippen molar-refractivity contribution in [1.29, 1.82) is 0 Å². The first-order valence-electron chi connectivity index (χ1n) is 7.74. The van der Waals surface area contributed by atoms with E-state index in [9.17, 15) is 20.2 Å². The summed E-state index contributed by atoms with van der Waals surface area (Å²) in [6.45, 7) is 11.5. The molecule has 0 aliphatic heterocycles. The van der Waals surface area contributed by atoms with Crippen molar-refractivity contribution >= 4 is 22.1 Å². The number of nitrogens with zero attached hydrogens (tertiary/aromatic N) is 2. The summed E-state index contributed by atoms with van der Waals surface area (Å²) in [5, 5.41) is 23.8. The van der Waals surface area contributed by atoms with Gasteiger partial charge in [0.05, 0.1) is 20.6 Å². The predicted octanol–water partition coefficient (Wildman–Crippen LogP) is 5.25. The molecule has 0 aliphatic carbocycles. The molecule has 0 saturated heterocycles. The summed E-state index contributed by atoms with van der Waals surface area (Å²) in [6.07, 6.45) is 0. The molecule has 24 heavy (non-hydrogen) atoms. The summed E-state index contributed by atoms with van der Waals surface area (Å²) < 4.78 is 0. The second kappa shape index (κ2) is 5.54. The molecule has 0 amide bonds. The number of benzene rings is 2. The maximum atomic E-state index is 11.6. The van der Waals surface area contributed by atoms with Gasteiger partial charge in [0, 0.05) is 12.1 Å². The van der Waals surface area contributed by atoms with Crippen LogP contribution < -0.4 is 0 Å². The lowest BCUT2D eigenvalue weighted by Crippen LogP contribution is -2.13. The van der Waals surface area contributed by atoms with Crippen LogP contribution in [0.4, 0.5) is 11.4 Å². The second-order valence-electron chi connectivity index (χ2n) is 8.10. The first-order chi connectivity index (χ1) is 10.8. The highest BCUT2D eigenvalue weighted by Gasteiger charge is 2.27. The zero-order valence-electron chi connectivity index (χ0n) is 14.8. The Morgan fingerprint density at radius 1 is 0.667 bits per heavy atom. The van der Waals surface area contributed by atoms with Gasteiger partial charge in [0.15, 0.2) is 0 Å². The number of nitro groups is 2. The fourth-order valence-electron chi connectivity index (χ4n) is 2.59. The van der Waals surface area contributed by atoms with Crippen molar-refractivity contribution in [1.82, 2.24) is 0 Å². The van der Waals surface area contributed by atoms with Crippen LogP contribution in [-0.2, 0) is 10.8 Å². The molecule has 0 aliphatic rings. The van der Waals surface area contributed by atoms with Crippen LogP contribution >= 0.6 is 0 Å². The molecule has 0 atom stereocenters. The zero-order chi connectivity index (χ0) is 18.4. The molecule has 6 nitrogen and oxygen atoms in total. The van der Waals surface area contributed by atoms with Crippen molar-refractivity contribution in [3.8, 4) is 0 Å². The van der Waals surface area contributed by atoms with Crippen molar-refractivity contribution in [2.75, 3.05) is 0 Å². The Labute approximate surface area is 140 Å². The summed E-state index contributed by atoms with van der Waals surface area (Å²) in [6, 6.07) is 6.46. The Morgan fingerprint density at radius 2 is 0.958 bits per heavy atom. The van der Waals surface area contributed by atoms with Gasteiger partial charge in [-0.15, -0.1) is 0 Å². The van der Waals surface area contributed by atoms with E-state index in [1.807, 2.05) is 41.5 Å². The van der Waals surface area contributed by atoms with E-state index in [0.29, 0.717) is 21.9 Å². The smallest absolute Gasteiger partial charge is 0.258 e. The largest absolute Gasteiger partial charge is 0.277 e. The number of rotatable bonds is 2. The fraction of sp³-hybridized carbons (Fsp3) is 0.444. The molecule has 2 aromatic rings. The van der Waals surface area contributed by atoms with Crippen LogP contribution in [0, 0.1) is 20.2 Å². The first-order valence-corrected chi connectivity index (χ1v) is 7.74. The molecule has 0 aromatic heterocycles. The Balaban J connectivity index is 3.03. The maximum absolute atomic E-state index is 11.6. The highest BCUT2D eigenvalue weighted by Crippen LogP contribution is 2.40. The molecule has 6 heteroatoms. The van der Waals surface area contributed by atoms with E-state index in [2.05, 4.69) is 0 Å². The SMILES string of the molecule is CC(C)(C)c1cc([N+](=O)[O-])c2cc(C(C)(C)C)cc([N+](=O)[O-])c2c1. The first kappa shape index (κ1) is 17.8. The van der Waals surface area contributed by atoms with Gasteiger partial charge in [-0.1, -0.05) is 41.5 Å². The van der Waals surface area contributed by atoms with Gasteiger partial charge in [-0.2, -0.15) is 0 Å². The van der Waals surface area contributed by atoms with E-state index in [1.165, 1.54) is 12.1 Å². The normalized spacial score (nSPS) is 12.4. The molecule has 0 bridgehead atoms. The van der Waals surface area contributed by atoms with E-state index < -0.39 is 9.85 Å². The Morgan fingerprint density at radius 3 is 1.17 bits per heavy atom. The average molecular weight is 330 g/mol. The molecule has 0 fully saturated rings. The maximum Gasteiger partial charge on any atom is 0.277 e. The van der Waals surface area contributed by atoms with Crippen molar-refractivity contribution in [3.05, 3.63) is 55.6 Å². The molecule has 0 radical (unpaired) electrons. The van der Waals surface area contributed by atoms with Crippen molar-refractivity contribution < 1.29 is 9.85 Å². The van der Waals surface area contributed by atoms with Gasteiger partial charge in [0.1, 0.15) is 0 Å². The van der Waals surface area contributed by atoms with Crippen LogP contribution in [0.5, 0.6) is 0 Å². The lowest BCUT2D eigenvalue weighted by molar-refractivity contribution is -0.384. The Kier molecular flexibility index (Phi) is 4.12. The third-order valence-corrected chi connectivity index (χ3v) is 4.15. The quantitative estimate of drug-likeness (QED) is 0.555. The third-order valence-electron chi connectivity index (χ3n) is 4.15. The van der Waals surface area contributed by atoms with E-state index in [1.54, 1.807) is 12.1 Å². The number of non-ortho nitro benzene ring substituents is 2. The summed E-state index contributed by atoms with van der Waals surface area (Å²) in [5.74, 6) is 0. The van der Waals surface area contributed by atoms with Gasteiger partial charge in [-0.05, 0) is 34.1 Å². The predicted molar refractivity (Wildman–Crippen MR) is 94.7 cm³/mol. The molecule has 0 heterocycles. The summed E-state index contributed by atoms with van der Waals surface area (Å²) in [4.78, 5) is 22.2. The van der Waals surface area contributed by atoms with Crippen LogP contribution in [0.25, 0.3) is 10.8 Å². The van der Waals surface area contributed by atoms with Crippen LogP contribution in [-0.4, -0.2) is 9.85 Å². The van der Waals surface area contributed by atoms with E-state index in [0.717, 1.165) is 0 Å². The molecule has 128 valence electrons. The van der Waals surface area contributed by atoms with Crippen LogP contribution in [0.2, 0.25) is 0 Å². The van der Waals surface area contributed by atoms with Crippen molar-refractivity contribution in [3.63, 3.8) is 0 Å². The lowest BCUT2D eigenvalue weighted by Gasteiger charge is -2.22. The average Bonchev–Trinajstić information content (AvgIpc) is 2.42. The van der Waals surface area contributed by atoms with Gasteiger partial charge in [-0.25, -0.2) is 0 Å². The summed E-state index contributed by atoms with van der Waals surface area (Å²) >= 11 is 0. The van der Waals surface area contributed by atoms with Gasteiger partial charge in [0.2, 0.25) is 0 Å². The third kappa shape index (κ3) is 3.22. The molecular formula is C18H22N2O4. The van der Waals surface area contributed by atoms with Gasteiger partial charge in [0.25, 0.3) is 11.4 Å². The number of hydrogen-bond acceptors (Lipinski definition) is 4. The highest BCUT2D eigenvalue weighted by molar-refractivity contribution is 5.98.